The van der Waals surface area contributed by atoms with Crippen LogP contribution in [0.15, 0.2) is 28.9 Å². The van der Waals surface area contributed by atoms with Gasteiger partial charge in [-0.3, -0.25) is 4.79 Å². The highest BCUT2D eigenvalue weighted by atomic mass is 35.5. The Morgan fingerprint density at radius 2 is 1.91 bits per heavy atom. The zero-order valence-corrected chi connectivity index (χ0v) is 20.1. The quantitative estimate of drug-likeness (QED) is 0.391. The number of aliphatic hydroxyl groups excluding tert-OH is 2. The Balaban J connectivity index is 1.72. The Morgan fingerprint density at radius 1 is 1.21 bits per heavy atom. The van der Waals surface area contributed by atoms with E-state index in [0.29, 0.717) is 28.0 Å². The minimum Gasteiger partial charge on any atom is -0.490 e. The van der Waals surface area contributed by atoms with E-state index >= 15 is 0 Å². The number of aromatic nitrogens is 3. The van der Waals surface area contributed by atoms with Gasteiger partial charge in [0, 0.05) is 18.3 Å². The summed E-state index contributed by atoms with van der Waals surface area (Å²) in [6, 6.07) is 5.36. The number of hydrogen-bond donors (Lipinski definition) is 3. The van der Waals surface area contributed by atoms with Crippen LogP contribution in [-0.4, -0.2) is 63.2 Å². The van der Waals surface area contributed by atoms with Gasteiger partial charge in [0.25, 0.3) is 5.89 Å². The Hall–Kier alpha value is -3.21. The normalized spacial score (nSPS) is 12.0. The first-order valence-electron chi connectivity index (χ1n) is 10.6. The minimum absolute atomic E-state index is 0.0232. The molecule has 2 aromatic heterocycles. The largest absolute Gasteiger partial charge is 0.490 e. The third kappa shape index (κ3) is 6.43. The highest BCUT2D eigenvalue weighted by molar-refractivity contribution is 6.32. The average molecular weight is 491 g/mol. The summed E-state index contributed by atoms with van der Waals surface area (Å²) in [5, 5.41) is 25.5. The molecule has 0 unspecified atom stereocenters. The van der Waals surface area contributed by atoms with Crippen molar-refractivity contribution in [3.8, 4) is 34.5 Å². The predicted octanol–water partition coefficient (Wildman–Crippen LogP) is 2.70. The van der Waals surface area contributed by atoms with Crippen molar-refractivity contribution in [3.05, 3.63) is 40.5 Å². The van der Waals surface area contributed by atoms with Crippen LogP contribution in [0, 0.1) is 13.8 Å². The molecule has 0 saturated heterocycles. The lowest BCUT2D eigenvalue weighted by molar-refractivity contribution is -0.124. The van der Waals surface area contributed by atoms with Crippen molar-refractivity contribution in [3.63, 3.8) is 0 Å². The molecule has 2 heterocycles. The summed E-state index contributed by atoms with van der Waals surface area (Å²) < 4.78 is 16.7. The molecule has 0 aliphatic carbocycles. The fourth-order valence-electron chi connectivity index (χ4n) is 3.14. The topological polar surface area (TPSA) is 140 Å². The van der Waals surface area contributed by atoms with Gasteiger partial charge in [-0.2, -0.15) is 4.98 Å². The summed E-state index contributed by atoms with van der Waals surface area (Å²) in [6.45, 7) is 6.82. The van der Waals surface area contributed by atoms with Crippen LogP contribution in [0.25, 0.3) is 22.8 Å². The Bertz CT molecular complexity index is 1130. The molecule has 10 nitrogen and oxygen atoms in total. The van der Waals surface area contributed by atoms with E-state index in [4.69, 9.17) is 30.7 Å². The molecule has 0 aliphatic rings. The molecule has 0 saturated carbocycles. The number of carbonyl (C=O) groups is 1. The standard InChI is InChI=1S/C23H27ClN4O6/c1-12(2)33-23-18(24)7-16(8-26-23)22-27-21(28-34-22)15-5-13(3)20(14(4)6-15)32-11-17(30)9-25-19(31)10-29/h5-8,12,17,29-30H,9-11H2,1-4H3,(H,25,31)/t17-/m0/s1. The van der Waals surface area contributed by atoms with Crippen LogP contribution >= 0.6 is 11.6 Å². The number of nitrogens with one attached hydrogen (secondary N) is 1. The van der Waals surface area contributed by atoms with Crippen LogP contribution in [0.3, 0.4) is 0 Å². The molecule has 0 fully saturated rings. The first-order chi connectivity index (χ1) is 16.2. The molecular weight excluding hydrogens is 464 g/mol. The van der Waals surface area contributed by atoms with E-state index < -0.39 is 18.6 Å². The van der Waals surface area contributed by atoms with Crippen LogP contribution in [0.2, 0.25) is 5.02 Å². The van der Waals surface area contributed by atoms with Crippen LogP contribution in [-0.2, 0) is 4.79 Å². The molecule has 3 aromatic rings. The number of halogens is 1. The molecular formula is C23H27ClN4O6. The zero-order chi connectivity index (χ0) is 24.8. The molecule has 3 N–H and O–H groups in total. The highest BCUT2D eigenvalue weighted by Gasteiger charge is 2.17. The van der Waals surface area contributed by atoms with Crippen LogP contribution in [0.5, 0.6) is 11.6 Å². The third-order valence-electron chi connectivity index (χ3n) is 4.64. The van der Waals surface area contributed by atoms with E-state index in [1.807, 2.05) is 39.8 Å². The lowest BCUT2D eigenvalue weighted by Gasteiger charge is -2.16. The van der Waals surface area contributed by atoms with Gasteiger partial charge in [-0.25, -0.2) is 4.98 Å². The van der Waals surface area contributed by atoms with Crippen molar-refractivity contribution in [2.45, 2.75) is 39.9 Å². The number of hydrogen-bond acceptors (Lipinski definition) is 9. The molecule has 0 bridgehead atoms. The fraction of sp³-hybridized carbons (Fsp3) is 0.391. The van der Waals surface area contributed by atoms with Gasteiger partial charge in [-0.05, 0) is 57.0 Å². The summed E-state index contributed by atoms with van der Waals surface area (Å²) >= 11 is 6.26. The van der Waals surface area contributed by atoms with Crippen LogP contribution in [0.1, 0.15) is 25.0 Å². The molecule has 0 aliphatic heterocycles. The van der Waals surface area contributed by atoms with Gasteiger partial charge in [0.1, 0.15) is 30.1 Å². The number of aliphatic hydroxyl groups is 2. The molecule has 34 heavy (non-hydrogen) atoms. The second kappa shape index (κ2) is 11.3. The van der Waals surface area contributed by atoms with E-state index in [1.54, 1.807) is 12.3 Å². The summed E-state index contributed by atoms with van der Waals surface area (Å²) in [5.74, 6) is 1.04. The Labute approximate surface area is 201 Å². The molecule has 3 rings (SSSR count). The highest BCUT2D eigenvalue weighted by Crippen LogP contribution is 2.32. The smallest absolute Gasteiger partial charge is 0.259 e. The average Bonchev–Trinajstić information content (AvgIpc) is 3.28. The molecule has 182 valence electrons. The predicted molar refractivity (Wildman–Crippen MR) is 125 cm³/mol. The van der Waals surface area contributed by atoms with Gasteiger partial charge >= 0.3 is 0 Å². The van der Waals surface area contributed by atoms with Crippen LogP contribution < -0.4 is 14.8 Å². The summed E-state index contributed by atoms with van der Waals surface area (Å²) in [7, 11) is 0. The second-order valence-electron chi connectivity index (χ2n) is 7.97. The summed E-state index contributed by atoms with van der Waals surface area (Å²) in [4.78, 5) is 19.8. The van der Waals surface area contributed by atoms with Crippen molar-refractivity contribution < 1.29 is 29.0 Å². The van der Waals surface area contributed by atoms with E-state index in [1.165, 1.54) is 0 Å². The van der Waals surface area contributed by atoms with Crippen molar-refractivity contribution in [1.82, 2.24) is 20.4 Å². The van der Waals surface area contributed by atoms with Gasteiger partial charge in [0.15, 0.2) is 0 Å². The van der Waals surface area contributed by atoms with E-state index in [-0.39, 0.29) is 25.1 Å². The minimum atomic E-state index is -0.925. The van der Waals surface area contributed by atoms with Gasteiger partial charge in [-0.1, -0.05) is 16.8 Å². The molecule has 1 amide bonds. The van der Waals surface area contributed by atoms with Crippen molar-refractivity contribution in [2.75, 3.05) is 19.8 Å². The molecule has 11 heteroatoms. The first kappa shape index (κ1) is 25.4. The molecule has 0 radical (unpaired) electrons. The van der Waals surface area contributed by atoms with Gasteiger partial charge < -0.3 is 29.5 Å². The second-order valence-corrected chi connectivity index (χ2v) is 8.37. The molecule has 1 atom stereocenters. The van der Waals surface area contributed by atoms with E-state index in [9.17, 15) is 9.90 Å². The maximum atomic E-state index is 11.1. The SMILES string of the molecule is Cc1cc(-c2noc(-c3cnc(OC(C)C)c(Cl)c3)n2)cc(C)c1OC[C@@H](O)CNC(=O)CO. The summed E-state index contributed by atoms with van der Waals surface area (Å²) in [5.41, 5.74) is 2.92. The molecule has 1 aromatic carbocycles. The van der Waals surface area contributed by atoms with Gasteiger partial charge in [0.2, 0.25) is 17.6 Å². The third-order valence-corrected chi connectivity index (χ3v) is 4.92. The van der Waals surface area contributed by atoms with Gasteiger partial charge in [0.05, 0.1) is 11.7 Å². The number of carbonyl (C=O) groups excluding carboxylic acids is 1. The number of amides is 1. The lowest BCUT2D eigenvalue weighted by atomic mass is 10.1. The lowest BCUT2D eigenvalue weighted by Crippen LogP contribution is -2.36. The molecule has 0 spiro atoms. The van der Waals surface area contributed by atoms with Crippen molar-refractivity contribution in [2.24, 2.45) is 0 Å². The fourth-order valence-corrected chi connectivity index (χ4v) is 3.35. The van der Waals surface area contributed by atoms with Crippen molar-refractivity contribution >= 4 is 17.5 Å². The zero-order valence-electron chi connectivity index (χ0n) is 19.3. The van der Waals surface area contributed by atoms with Crippen LogP contribution in [0.4, 0.5) is 0 Å². The number of rotatable bonds is 10. The Kier molecular flexibility index (Phi) is 8.43. The van der Waals surface area contributed by atoms with E-state index in [0.717, 1.165) is 16.7 Å². The number of pyridine rings is 1. The number of aryl methyl sites for hydroxylation is 2. The number of ether oxygens (including phenoxy) is 2. The monoisotopic (exact) mass is 490 g/mol. The van der Waals surface area contributed by atoms with Crippen molar-refractivity contribution in [1.29, 1.82) is 0 Å². The number of nitrogens with zero attached hydrogens (tertiary/aromatic N) is 3. The maximum absolute atomic E-state index is 11.1. The van der Waals surface area contributed by atoms with Gasteiger partial charge in [-0.15, -0.1) is 0 Å². The Morgan fingerprint density at radius 3 is 2.53 bits per heavy atom. The number of benzene rings is 1. The summed E-state index contributed by atoms with van der Waals surface area (Å²) in [6.07, 6.45) is 0.578. The maximum Gasteiger partial charge on any atom is 0.259 e. The first-order valence-corrected chi connectivity index (χ1v) is 11.0. The van der Waals surface area contributed by atoms with E-state index in [2.05, 4.69) is 20.4 Å².